The van der Waals surface area contributed by atoms with Crippen LogP contribution in [0.15, 0.2) is 164 Å². The van der Waals surface area contributed by atoms with Gasteiger partial charge < -0.3 is 4.57 Å². The van der Waals surface area contributed by atoms with Crippen LogP contribution >= 0.6 is 0 Å². The molecular weight excluding hydrogens is 599 g/mol. The predicted octanol–water partition coefficient (Wildman–Crippen LogP) is 10.7. The van der Waals surface area contributed by atoms with E-state index in [-0.39, 0.29) is 0 Å². The lowest BCUT2D eigenvalue weighted by Gasteiger charge is -2.15. The molecule has 1 aliphatic carbocycles. The van der Waals surface area contributed by atoms with Crippen molar-refractivity contribution in [2.45, 2.75) is 0 Å². The number of rotatable bonds is 4. The molecule has 0 atom stereocenters. The van der Waals surface area contributed by atoms with Gasteiger partial charge in [-0.1, -0.05) is 127 Å². The van der Waals surface area contributed by atoms with Crippen molar-refractivity contribution >= 4 is 21.7 Å². The second-order valence-electron chi connectivity index (χ2n) is 12.3. The van der Waals surface area contributed by atoms with E-state index < -0.39 is 0 Å². The Kier molecular flexibility index (Phi) is 6.11. The average molecular weight is 626 g/mol. The van der Waals surface area contributed by atoms with Crippen LogP contribution in [0.5, 0.6) is 0 Å². The van der Waals surface area contributed by atoms with Gasteiger partial charge in [-0.2, -0.15) is 0 Å². The minimum absolute atomic E-state index is 0.639. The maximum absolute atomic E-state index is 5.06. The maximum atomic E-state index is 5.06. The molecule has 1 aliphatic rings. The maximum Gasteiger partial charge on any atom is 0.164 e. The molecule has 0 spiro atoms. The molecule has 3 heterocycles. The lowest BCUT2D eigenvalue weighted by molar-refractivity contribution is 1.07. The van der Waals surface area contributed by atoms with Crippen LogP contribution in [0, 0.1) is 0 Å². The van der Waals surface area contributed by atoms with Gasteiger partial charge in [0.25, 0.3) is 0 Å². The molecule has 10 rings (SSSR count). The third-order valence-corrected chi connectivity index (χ3v) is 9.50. The first-order chi connectivity index (χ1) is 24.3. The van der Waals surface area contributed by atoms with Gasteiger partial charge in [-0.25, -0.2) is 15.0 Å². The zero-order valence-corrected chi connectivity index (χ0v) is 26.3. The van der Waals surface area contributed by atoms with Crippen molar-refractivity contribution in [2.24, 2.45) is 0 Å². The fraction of sp³-hybridized carbons (Fsp3) is 0. The van der Waals surface area contributed by atoms with E-state index in [9.17, 15) is 0 Å². The second-order valence-corrected chi connectivity index (χ2v) is 12.3. The first kappa shape index (κ1) is 27.4. The van der Waals surface area contributed by atoms with Crippen LogP contribution in [0.2, 0.25) is 0 Å². The Balaban J connectivity index is 1.21. The highest BCUT2D eigenvalue weighted by Crippen LogP contribution is 2.48. The van der Waals surface area contributed by atoms with Crippen LogP contribution < -0.4 is 0 Å². The highest BCUT2D eigenvalue weighted by Gasteiger charge is 2.25. The zero-order valence-electron chi connectivity index (χ0n) is 26.3. The van der Waals surface area contributed by atoms with Gasteiger partial charge in [-0.15, -0.1) is 0 Å². The van der Waals surface area contributed by atoms with Gasteiger partial charge in [-0.05, 0) is 46.3 Å². The SMILES string of the molecule is c1ccc(-c2nc(-c3ccccc3)nc(-c3ccc(-n4cc5c6c(cccc64)-c4ccccc4-c4cccnc4-5)c4ccccc34)n2)cc1. The number of pyridine rings is 1. The molecule has 0 saturated carbocycles. The number of hydrogen-bond donors (Lipinski definition) is 0. The molecule has 5 nitrogen and oxygen atoms in total. The van der Waals surface area contributed by atoms with Crippen LogP contribution in [-0.2, 0) is 0 Å². The summed E-state index contributed by atoms with van der Waals surface area (Å²) in [6, 6.07) is 52.6. The third kappa shape index (κ3) is 4.33. The Bertz CT molecular complexity index is 2650. The van der Waals surface area contributed by atoms with Crippen LogP contribution in [0.4, 0.5) is 0 Å². The van der Waals surface area contributed by atoms with Crippen molar-refractivity contribution in [2.75, 3.05) is 0 Å². The minimum atomic E-state index is 0.639. The fourth-order valence-electron chi connectivity index (χ4n) is 7.30. The summed E-state index contributed by atoms with van der Waals surface area (Å²) in [7, 11) is 0. The van der Waals surface area contributed by atoms with Crippen molar-refractivity contribution in [3.8, 4) is 73.4 Å². The summed E-state index contributed by atoms with van der Waals surface area (Å²) in [4.78, 5) is 20.0. The van der Waals surface area contributed by atoms with Crippen molar-refractivity contribution < 1.29 is 0 Å². The molecule has 3 aromatic heterocycles. The van der Waals surface area contributed by atoms with E-state index in [2.05, 4.69) is 95.7 Å². The monoisotopic (exact) mass is 625 g/mol. The first-order valence-corrected chi connectivity index (χ1v) is 16.4. The van der Waals surface area contributed by atoms with Gasteiger partial charge in [0.2, 0.25) is 0 Å². The standard InChI is InChI=1S/C44H27N5/c1-3-13-28(14-4-1)42-46-43(29-15-5-2-6-16-29)48-44(47-42)36-24-25-38(33-20-10-9-19-32(33)36)49-27-37-40-34(21-11-23-39(40)49)30-17-7-8-18-31(30)35-22-12-26-45-41(35)37/h1-27H. The zero-order chi connectivity index (χ0) is 32.3. The largest absolute Gasteiger partial charge is 0.315 e. The topological polar surface area (TPSA) is 56.5 Å². The summed E-state index contributed by atoms with van der Waals surface area (Å²) >= 11 is 0. The van der Waals surface area contributed by atoms with Gasteiger partial charge in [0.05, 0.1) is 16.9 Å². The number of aromatic nitrogens is 5. The summed E-state index contributed by atoms with van der Waals surface area (Å²) in [5, 5.41) is 3.38. The smallest absolute Gasteiger partial charge is 0.164 e. The molecule has 0 N–H and O–H groups in total. The Morgan fingerprint density at radius 2 is 0.980 bits per heavy atom. The van der Waals surface area contributed by atoms with Crippen molar-refractivity contribution in [1.29, 1.82) is 0 Å². The van der Waals surface area contributed by atoms with Gasteiger partial charge >= 0.3 is 0 Å². The second kappa shape index (κ2) is 10.9. The van der Waals surface area contributed by atoms with Gasteiger partial charge in [-0.3, -0.25) is 4.98 Å². The third-order valence-electron chi connectivity index (χ3n) is 9.50. The molecule has 0 saturated heterocycles. The fourth-order valence-corrected chi connectivity index (χ4v) is 7.30. The van der Waals surface area contributed by atoms with Crippen molar-refractivity contribution in [1.82, 2.24) is 24.5 Å². The van der Waals surface area contributed by atoms with Crippen LogP contribution in [0.3, 0.4) is 0 Å². The Labute approximate surface area is 282 Å². The molecule has 0 fully saturated rings. The molecule has 9 aromatic rings. The number of fused-ring (bicyclic) bond motifs is 6. The van der Waals surface area contributed by atoms with Crippen LogP contribution in [0.1, 0.15) is 0 Å². The average Bonchev–Trinajstić information content (AvgIpc) is 3.52. The van der Waals surface area contributed by atoms with Gasteiger partial charge in [0.1, 0.15) is 0 Å². The van der Waals surface area contributed by atoms with Crippen LogP contribution in [-0.4, -0.2) is 24.5 Å². The normalized spacial score (nSPS) is 11.7. The summed E-state index contributed by atoms with van der Waals surface area (Å²) in [5.74, 6) is 1.93. The van der Waals surface area contributed by atoms with Crippen molar-refractivity contribution in [3.05, 3.63) is 164 Å². The summed E-state index contributed by atoms with van der Waals surface area (Å²) in [5.41, 5.74) is 12.0. The molecule has 228 valence electrons. The molecule has 0 unspecified atom stereocenters. The molecule has 49 heavy (non-hydrogen) atoms. The highest BCUT2D eigenvalue weighted by atomic mass is 15.0. The van der Waals surface area contributed by atoms with E-state index in [4.69, 9.17) is 19.9 Å². The lowest BCUT2D eigenvalue weighted by Crippen LogP contribution is -2.01. The molecule has 0 bridgehead atoms. The van der Waals surface area contributed by atoms with Crippen LogP contribution in [0.25, 0.3) is 95.0 Å². The Hall–Kier alpha value is -6.72. The molecule has 6 aromatic carbocycles. The van der Waals surface area contributed by atoms with E-state index in [0.717, 1.165) is 55.5 Å². The number of nitrogens with zero attached hydrogens (tertiary/aromatic N) is 5. The number of benzene rings is 6. The lowest BCUT2D eigenvalue weighted by atomic mass is 9.95. The van der Waals surface area contributed by atoms with Crippen molar-refractivity contribution in [3.63, 3.8) is 0 Å². The summed E-state index contributed by atoms with van der Waals surface area (Å²) < 4.78 is 2.32. The summed E-state index contributed by atoms with van der Waals surface area (Å²) in [6.07, 6.45) is 4.15. The molecule has 0 amide bonds. The molecule has 0 radical (unpaired) electrons. The van der Waals surface area contributed by atoms with E-state index in [1.807, 2.05) is 72.9 Å². The number of hydrogen-bond acceptors (Lipinski definition) is 4. The Morgan fingerprint density at radius 3 is 1.71 bits per heavy atom. The molecular formula is C44H27N5. The summed E-state index contributed by atoms with van der Waals surface area (Å²) in [6.45, 7) is 0. The predicted molar refractivity (Wildman–Crippen MR) is 198 cm³/mol. The first-order valence-electron chi connectivity index (χ1n) is 16.4. The van der Waals surface area contributed by atoms with E-state index in [1.165, 1.54) is 22.1 Å². The molecule has 5 heteroatoms. The van der Waals surface area contributed by atoms with E-state index in [0.29, 0.717) is 17.5 Å². The van der Waals surface area contributed by atoms with Gasteiger partial charge in [0.15, 0.2) is 17.5 Å². The minimum Gasteiger partial charge on any atom is -0.315 e. The Morgan fingerprint density at radius 1 is 0.388 bits per heavy atom. The highest BCUT2D eigenvalue weighted by molar-refractivity contribution is 6.13. The van der Waals surface area contributed by atoms with Gasteiger partial charge in [0, 0.05) is 51.0 Å². The quantitative estimate of drug-likeness (QED) is 0.195. The molecule has 0 aliphatic heterocycles. The van der Waals surface area contributed by atoms with E-state index >= 15 is 0 Å². The van der Waals surface area contributed by atoms with E-state index in [1.54, 1.807) is 0 Å².